The van der Waals surface area contributed by atoms with Gasteiger partial charge in [0.05, 0.1) is 12.2 Å². The van der Waals surface area contributed by atoms with Gasteiger partial charge in [0.15, 0.2) is 0 Å². The Morgan fingerprint density at radius 2 is 1.64 bits per heavy atom. The van der Waals surface area contributed by atoms with Crippen LogP contribution in [-0.4, -0.2) is 47.5 Å². The van der Waals surface area contributed by atoms with E-state index in [1.165, 1.54) is 16.9 Å². The molecule has 0 amide bonds. The fourth-order valence-corrected chi connectivity index (χ4v) is 3.43. The van der Waals surface area contributed by atoms with Gasteiger partial charge in [0, 0.05) is 31.5 Å². The molecule has 4 heteroatoms. The molecule has 2 aromatic rings. The summed E-state index contributed by atoms with van der Waals surface area (Å²) in [6.07, 6.45) is 2.24. The summed E-state index contributed by atoms with van der Waals surface area (Å²) in [4.78, 5) is 4.54. The van der Waals surface area contributed by atoms with Gasteiger partial charge in [-0.1, -0.05) is 30.3 Å². The number of hydrogen-bond acceptors (Lipinski definition) is 4. The van der Waals surface area contributed by atoms with Gasteiger partial charge >= 0.3 is 0 Å². The number of hydrogen-bond donors (Lipinski definition) is 2. The molecule has 1 aliphatic rings. The molecule has 2 aromatic carbocycles. The van der Waals surface area contributed by atoms with E-state index in [0.29, 0.717) is 12.8 Å². The van der Waals surface area contributed by atoms with Gasteiger partial charge in [-0.25, -0.2) is 0 Å². The van der Waals surface area contributed by atoms with E-state index in [0.717, 1.165) is 26.1 Å². The Labute approximate surface area is 150 Å². The number of rotatable bonds is 5. The van der Waals surface area contributed by atoms with Gasteiger partial charge in [0.2, 0.25) is 0 Å². The smallest absolute Gasteiger partial charge is 0.0890 e. The third-order valence-electron chi connectivity index (χ3n) is 5.18. The van der Waals surface area contributed by atoms with Gasteiger partial charge in [-0.3, -0.25) is 4.90 Å². The first-order chi connectivity index (χ1) is 12.1. The fourth-order valence-electron chi connectivity index (χ4n) is 3.43. The zero-order valence-electron chi connectivity index (χ0n) is 14.9. The monoisotopic (exact) mass is 340 g/mol. The summed E-state index contributed by atoms with van der Waals surface area (Å²) in [5.74, 6) is 0. The molecule has 4 nitrogen and oxygen atoms in total. The average molecular weight is 340 g/mol. The Bertz CT molecular complexity index is 659. The van der Waals surface area contributed by atoms with Crippen LogP contribution >= 0.6 is 0 Å². The summed E-state index contributed by atoms with van der Waals surface area (Å²) in [6.45, 7) is 2.54. The molecule has 0 spiro atoms. The Morgan fingerprint density at radius 1 is 0.960 bits per heavy atom. The molecule has 0 aliphatic carbocycles. The third-order valence-corrected chi connectivity index (χ3v) is 5.18. The van der Waals surface area contributed by atoms with Crippen molar-refractivity contribution in [1.29, 1.82) is 0 Å². The van der Waals surface area contributed by atoms with Crippen molar-refractivity contribution >= 4 is 11.4 Å². The van der Waals surface area contributed by atoms with Gasteiger partial charge in [0.1, 0.15) is 0 Å². The zero-order chi connectivity index (χ0) is 17.7. The lowest BCUT2D eigenvalue weighted by Crippen LogP contribution is -2.34. The van der Waals surface area contributed by atoms with Crippen LogP contribution in [0.3, 0.4) is 0 Å². The standard InChI is InChI=1S/C21H28N2O2/c1-22(19-6-3-2-4-7-19)20-10-8-18(9-11-20)16-23-14-5-12-21(25,17-24)13-15-23/h2-4,6-11,24-25H,5,12-17H2,1H3/t21-/m1/s1. The first-order valence-corrected chi connectivity index (χ1v) is 9.03. The number of aliphatic hydroxyl groups excluding tert-OH is 1. The molecule has 25 heavy (non-hydrogen) atoms. The molecule has 1 atom stereocenters. The molecule has 0 unspecified atom stereocenters. The summed E-state index contributed by atoms with van der Waals surface area (Å²) in [5.41, 5.74) is 2.72. The van der Waals surface area contributed by atoms with Gasteiger partial charge < -0.3 is 15.1 Å². The van der Waals surface area contributed by atoms with Crippen LogP contribution in [0.2, 0.25) is 0 Å². The summed E-state index contributed by atoms with van der Waals surface area (Å²) in [5, 5.41) is 19.6. The van der Waals surface area contributed by atoms with Crippen molar-refractivity contribution in [3.8, 4) is 0 Å². The van der Waals surface area contributed by atoms with E-state index in [1.54, 1.807) is 0 Å². The maximum absolute atomic E-state index is 10.3. The van der Waals surface area contributed by atoms with Crippen LogP contribution in [-0.2, 0) is 6.54 Å². The van der Waals surface area contributed by atoms with E-state index in [9.17, 15) is 10.2 Å². The van der Waals surface area contributed by atoms with Crippen LogP contribution in [0.25, 0.3) is 0 Å². The number of aliphatic hydroxyl groups is 2. The van der Waals surface area contributed by atoms with Crippen molar-refractivity contribution in [2.45, 2.75) is 31.4 Å². The van der Waals surface area contributed by atoms with E-state index in [1.807, 2.05) is 18.2 Å². The molecule has 2 N–H and O–H groups in total. The second-order valence-corrected chi connectivity index (χ2v) is 7.07. The summed E-state index contributed by atoms with van der Waals surface area (Å²) >= 11 is 0. The third kappa shape index (κ3) is 4.60. The van der Waals surface area contributed by atoms with Crippen LogP contribution in [0.4, 0.5) is 11.4 Å². The van der Waals surface area contributed by atoms with Crippen LogP contribution in [0.1, 0.15) is 24.8 Å². The Hall–Kier alpha value is -1.88. The first-order valence-electron chi connectivity index (χ1n) is 9.03. The molecule has 1 aliphatic heterocycles. The molecule has 0 radical (unpaired) electrons. The molecule has 1 heterocycles. The molecule has 0 aromatic heterocycles. The molecular weight excluding hydrogens is 312 g/mol. The van der Waals surface area contributed by atoms with E-state index in [2.05, 4.69) is 53.2 Å². The number of nitrogens with zero attached hydrogens (tertiary/aromatic N) is 2. The molecule has 134 valence electrons. The van der Waals surface area contributed by atoms with Crippen molar-refractivity contribution in [3.63, 3.8) is 0 Å². The molecule has 0 bridgehead atoms. The minimum atomic E-state index is -0.892. The summed E-state index contributed by atoms with van der Waals surface area (Å²) in [7, 11) is 2.08. The predicted octanol–water partition coefficient (Wildman–Crippen LogP) is 3.16. The number of anilines is 2. The van der Waals surface area contributed by atoms with Crippen molar-refractivity contribution in [2.75, 3.05) is 31.6 Å². The molecule has 3 rings (SSSR count). The maximum Gasteiger partial charge on any atom is 0.0890 e. The first kappa shape index (κ1) is 17.9. The lowest BCUT2D eigenvalue weighted by molar-refractivity contribution is -0.0255. The minimum absolute atomic E-state index is 0.138. The summed E-state index contributed by atoms with van der Waals surface area (Å²) in [6, 6.07) is 19.0. The lowest BCUT2D eigenvalue weighted by Gasteiger charge is -2.24. The highest BCUT2D eigenvalue weighted by molar-refractivity contribution is 5.62. The largest absolute Gasteiger partial charge is 0.393 e. The molecular formula is C21H28N2O2. The van der Waals surface area contributed by atoms with E-state index in [-0.39, 0.29) is 6.61 Å². The number of likely N-dealkylation sites (tertiary alicyclic amines) is 1. The highest BCUT2D eigenvalue weighted by Crippen LogP contribution is 2.25. The fraction of sp³-hybridized carbons (Fsp3) is 0.429. The highest BCUT2D eigenvalue weighted by atomic mass is 16.3. The quantitative estimate of drug-likeness (QED) is 0.878. The maximum atomic E-state index is 10.3. The van der Waals surface area contributed by atoms with Crippen molar-refractivity contribution in [2.24, 2.45) is 0 Å². The number of para-hydroxylation sites is 1. The number of benzene rings is 2. The predicted molar refractivity (Wildman–Crippen MR) is 102 cm³/mol. The molecule has 1 saturated heterocycles. The van der Waals surface area contributed by atoms with Gasteiger partial charge in [-0.05, 0) is 55.6 Å². The topological polar surface area (TPSA) is 46.9 Å². The van der Waals surface area contributed by atoms with Crippen molar-refractivity contribution in [3.05, 3.63) is 60.2 Å². The molecule has 0 saturated carbocycles. The average Bonchev–Trinajstić information content (AvgIpc) is 2.85. The van der Waals surface area contributed by atoms with Crippen LogP contribution in [0.5, 0.6) is 0 Å². The zero-order valence-corrected chi connectivity index (χ0v) is 14.9. The second kappa shape index (κ2) is 8.00. The second-order valence-electron chi connectivity index (χ2n) is 7.07. The van der Waals surface area contributed by atoms with E-state index >= 15 is 0 Å². The van der Waals surface area contributed by atoms with Gasteiger partial charge in [-0.15, -0.1) is 0 Å². The van der Waals surface area contributed by atoms with Crippen molar-refractivity contribution < 1.29 is 10.2 Å². The van der Waals surface area contributed by atoms with E-state index in [4.69, 9.17) is 0 Å². The Morgan fingerprint density at radius 3 is 2.32 bits per heavy atom. The minimum Gasteiger partial charge on any atom is -0.393 e. The lowest BCUT2D eigenvalue weighted by atomic mass is 9.96. The highest BCUT2D eigenvalue weighted by Gasteiger charge is 2.29. The Balaban J connectivity index is 1.61. The van der Waals surface area contributed by atoms with Gasteiger partial charge in [0.25, 0.3) is 0 Å². The van der Waals surface area contributed by atoms with Crippen LogP contribution < -0.4 is 4.90 Å². The van der Waals surface area contributed by atoms with Crippen LogP contribution in [0.15, 0.2) is 54.6 Å². The normalized spacial score (nSPS) is 21.7. The Kier molecular flexibility index (Phi) is 5.74. The van der Waals surface area contributed by atoms with Crippen LogP contribution in [0, 0.1) is 0 Å². The van der Waals surface area contributed by atoms with E-state index < -0.39 is 5.60 Å². The molecule has 1 fully saturated rings. The van der Waals surface area contributed by atoms with Gasteiger partial charge in [-0.2, -0.15) is 0 Å². The SMILES string of the molecule is CN(c1ccccc1)c1ccc(CN2CCC[C@](O)(CO)CC2)cc1. The van der Waals surface area contributed by atoms with Crippen molar-refractivity contribution in [1.82, 2.24) is 4.90 Å². The summed E-state index contributed by atoms with van der Waals surface area (Å²) < 4.78 is 0.